The minimum Gasteiger partial charge on any atom is -0.372 e. The van der Waals surface area contributed by atoms with Gasteiger partial charge in [0.25, 0.3) is 0 Å². The Balaban J connectivity index is 3.36. The van der Waals surface area contributed by atoms with Gasteiger partial charge in [-0.2, -0.15) is 5.26 Å². The zero-order valence-electron chi connectivity index (χ0n) is 7.47. The van der Waals surface area contributed by atoms with Crippen LogP contribution in [0.2, 0.25) is 0 Å². The molecule has 1 heterocycles. The molecular formula is C9H11N3. The molecule has 1 aromatic rings. The fourth-order valence-corrected chi connectivity index (χ4v) is 1.16. The van der Waals surface area contributed by atoms with Crippen LogP contribution in [0.4, 0.5) is 5.82 Å². The average molecular weight is 161 g/mol. The third-order valence-corrected chi connectivity index (χ3v) is 1.69. The lowest BCUT2D eigenvalue weighted by molar-refractivity contribution is 1.15. The molecule has 3 heteroatoms. The summed E-state index contributed by atoms with van der Waals surface area (Å²) in [6.07, 6.45) is 0. The first-order valence-corrected chi connectivity index (χ1v) is 3.75. The van der Waals surface area contributed by atoms with Crippen molar-refractivity contribution in [1.29, 1.82) is 5.26 Å². The van der Waals surface area contributed by atoms with Gasteiger partial charge in [0.1, 0.15) is 11.9 Å². The summed E-state index contributed by atoms with van der Waals surface area (Å²) in [5.41, 5.74) is 2.52. The minimum atomic E-state index is 0.628. The van der Waals surface area contributed by atoms with Crippen molar-refractivity contribution in [2.75, 3.05) is 12.4 Å². The quantitative estimate of drug-likeness (QED) is 0.680. The Bertz CT molecular complexity index is 336. The van der Waals surface area contributed by atoms with E-state index in [4.69, 9.17) is 5.26 Å². The van der Waals surface area contributed by atoms with Crippen LogP contribution in [0.25, 0.3) is 0 Å². The molecule has 0 amide bonds. The van der Waals surface area contributed by atoms with Crippen molar-refractivity contribution in [2.45, 2.75) is 13.8 Å². The fraction of sp³-hybridized carbons (Fsp3) is 0.333. The predicted molar refractivity (Wildman–Crippen MR) is 48.0 cm³/mol. The summed E-state index contributed by atoms with van der Waals surface area (Å²) < 4.78 is 0. The second-order valence-corrected chi connectivity index (χ2v) is 2.67. The van der Waals surface area contributed by atoms with E-state index in [0.29, 0.717) is 11.4 Å². The Labute approximate surface area is 72.1 Å². The van der Waals surface area contributed by atoms with E-state index >= 15 is 0 Å². The molecule has 0 radical (unpaired) electrons. The second kappa shape index (κ2) is 3.22. The number of hydrogen-bond donors (Lipinski definition) is 1. The summed E-state index contributed by atoms with van der Waals surface area (Å²) >= 11 is 0. The van der Waals surface area contributed by atoms with Crippen molar-refractivity contribution < 1.29 is 0 Å². The number of hydrogen-bond acceptors (Lipinski definition) is 3. The maximum absolute atomic E-state index is 8.79. The number of rotatable bonds is 1. The fourth-order valence-electron chi connectivity index (χ4n) is 1.16. The highest BCUT2D eigenvalue weighted by Crippen LogP contribution is 2.16. The van der Waals surface area contributed by atoms with E-state index in [0.717, 1.165) is 11.3 Å². The summed E-state index contributed by atoms with van der Waals surface area (Å²) in [4.78, 5) is 4.19. The second-order valence-electron chi connectivity index (χ2n) is 2.67. The van der Waals surface area contributed by atoms with Gasteiger partial charge in [-0.15, -0.1) is 0 Å². The van der Waals surface area contributed by atoms with Gasteiger partial charge in [0.15, 0.2) is 0 Å². The van der Waals surface area contributed by atoms with Crippen LogP contribution < -0.4 is 5.32 Å². The summed E-state index contributed by atoms with van der Waals surface area (Å²) in [7, 11) is 1.77. The van der Waals surface area contributed by atoms with Crippen molar-refractivity contribution >= 4 is 5.82 Å². The first-order valence-electron chi connectivity index (χ1n) is 3.75. The number of aromatic nitrogens is 1. The largest absolute Gasteiger partial charge is 0.372 e. The van der Waals surface area contributed by atoms with E-state index < -0.39 is 0 Å². The lowest BCUT2D eigenvalue weighted by Crippen LogP contribution is -1.99. The molecule has 0 unspecified atom stereocenters. The number of aryl methyl sites for hydroxylation is 2. The summed E-state index contributed by atoms with van der Waals surface area (Å²) in [6.45, 7) is 3.82. The van der Waals surface area contributed by atoms with E-state index in [1.165, 1.54) is 0 Å². The van der Waals surface area contributed by atoms with Gasteiger partial charge in [0.2, 0.25) is 0 Å². The molecule has 0 aromatic carbocycles. The van der Waals surface area contributed by atoms with Crippen molar-refractivity contribution in [3.8, 4) is 6.07 Å². The Morgan fingerprint density at radius 2 is 2.17 bits per heavy atom. The van der Waals surface area contributed by atoms with Gasteiger partial charge in [-0.3, -0.25) is 0 Å². The molecule has 0 aliphatic rings. The molecule has 1 aromatic heterocycles. The zero-order valence-corrected chi connectivity index (χ0v) is 7.47. The molecule has 0 atom stereocenters. The van der Waals surface area contributed by atoms with Crippen LogP contribution in [0, 0.1) is 25.2 Å². The van der Waals surface area contributed by atoms with E-state index in [1.807, 2.05) is 19.9 Å². The van der Waals surface area contributed by atoms with Gasteiger partial charge in [-0.25, -0.2) is 4.98 Å². The maximum atomic E-state index is 8.79. The van der Waals surface area contributed by atoms with Crippen molar-refractivity contribution in [3.63, 3.8) is 0 Å². The molecule has 0 aliphatic carbocycles. The van der Waals surface area contributed by atoms with Crippen LogP contribution in [0.5, 0.6) is 0 Å². The molecule has 0 saturated heterocycles. The number of nitrogens with one attached hydrogen (secondary N) is 1. The molecule has 0 spiro atoms. The highest BCUT2D eigenvalue weighted by atomic mass is 15.0. The number of pyridine rings is 1. The standard InChI is InChI=1S/C9H11N3/c1-6-4-7(2)12-9(11-3)8(6)5-10/h4H,1-3H3,(H,11,12). The Kier molecular flexibility index (Phi) is 2.29. The van der Waals surface area contributed by atoms with Gasteiger partial charge < -0.3 is 5.32 Å². The van der Waals surface area contributed by atoms with Crippen LogP contribution in [0.1, 0.15) is 16.8 Å². The normalized spacial score (nSPS) is 9.17. The van der Waals surface area contributed by atoms with Crippen LogP contribution in [0.3, 0.4) is 0 Å². The van der Waals surface area contributed by atoms with E-state index in [2.05, 4.69) is 16.4 Å². The SMILES string of the molecule is CNc1nc(C)cc(C)c1C#N. The van der Waals surface area contributed by atoms with Crippen LogP contribution in [-0.4, -0.2) is 12.0 Å². The number of nitrogens with zero attached hydrogens (tertiary/aromatic N) is 2. The predicted octanol–water partition coefficient (Wildman–Crippen LogP) is 1.61. The molecule has 12 heavy (non-hydrogen) atoms. The van der Waals surface area contributed by atoms with Crippen LogP contribution >= 0.6 is 0 Å². The summed E-state index contributed by atoms with van der Waals surface area (Å²) in [5.74, 6) is 0.662. The van der Waals surface area contributed by atoms with Gasteiger partial charge in [0.05, 0.1) is 5.56 Å². The molecule has 3 nitrogen and oxygen atoms in total. The van der Waals surface area contributed by atoms with E-state index in [1.54, 1.807) is 7.05 Å². The number of nitriles is 1. The van der Waals surface area contributed by atoms with Gasteiger partial charge in [0, 0.05) is 12.7 Å². The topological polar surface area (TPSA) is 48.7 Å². The van der Waals surface area contributed by atoms with Gasteiger partial charge in [-0.05, 0) is 25.5 Å². The molecule has 1 N–H and O–H groups in total. The highest BCUT2D eigenvalue weighted by Gasteiger charge is 2.05. The van der Waals surface area contributed by atoms with Crippen LogP contribution in [-0.2, 0) is 0 Å². The smallest absolute Gasteiger partial charge is 0.144 e. The Morgan fingerprint density at radius 1 is 1.50 bits per heavy atom. The minimum absolute atomic E-state index is 0.628. The van der Waals surface area contributed by atoms with Crippen LogP contribution in [0.15, 0.2) is 6.07 Å². The average Bonchev–Trinajstić information content (AvgIpc) is 2.03. The van der Waals surface area contributed by atoms with Crippen molar-refractivity contribution in [3.05, 3.63) is 22.9 Å². The summed E-state index contributed by atoms with van der Waals surface area (Å²) in [6, 6.07) is 4.02. The molecule has 0 bridgehead atoms. The molecular weight excluding hydrogens is 150 g/mol. The van der Waals surface area contributed by atoms with Crippen molar-refractivity contribution in [2.24, 2.45) is 0 Å². The number of anilines is 1. The van der Waals surface area contributed by atoms with E-state index in [9.17, 15) is 0 Å². The van der Waals surface area contributed by atoms with Crippen molar-refractivity contribution in [1.82, 2.24) is 4.98 Å². The molecule has 1 rings (SSSR count). The molecule has 0 saturated carbocycles. The third kappa shape index (κ3) is 1.37. The monoisotopic (exact) mass is 161 g/mol. The zero-order chi connectivity index (χ0) is 9.14. The molecule has 62 valence electrons. The summed E-state index contributed by atoms with van der Waals surface area (Å²) in [5, 5.41) is 11.7. The lowest BCUT2D eigenvalue weighted by atomic mass is 10.1. The lowest BCUT2D eigenvalue weighted by Gasteiger charge is -2.05. The Morgan fingerprint density at radius 3 is 2.67 bits per heavy atom. The molecule has 0 aliphatic heterocycles. The first kappa shape index (κ1) is 8.54. The first-order chi connectivity index (χ1) is 5.69. The molecule has 0 fully saturated rings. The third-order valence-electron chi connectivity index (χ3n) is 1.69. The van der Waals surface area contributed by atoms with E-state index in [-0.39, 0.29) is 0 Å². The van der Waals surface area contributed by atoms with Gasteiger partial charge in [-0.1, -0.05) is 0 Å². The highest BCUT2D eigenvalue weighted by molar-refractivity contribution is 5.55. The van der Waals surface area contributed by atoms with Gasteiger partial charge >= 0.3 is 0 Å². The maximum Gasteiger partial charge on any atom is 0.144 e. The Hall–Kier alpha value is -1.56.